The van der Waals surface area contributed by atoms with Crippen LogP contribution in [0.5, 0.6) is 0 Å². The predicted octanol–water partition coefficient (Wildman–Crippen LogP) is 1.83. The van der Waals surface area contributed by atoms with E-state index in [0.717, 1.165) is 18.6 Å². The first kappa shape index (κ1) is 15.9. The predicted molar refractivity (Wildman–Crippen MR) is 85.2 cm³/mol. The standard InChI is InChI=1S/C16H20N2O2S/c1-2-21-15-6-5-14(9-15)18-16(20)13-8-12(4-3-7-19)10-17-11-13/h8,10-11,14-15,19H,2,5-7,9H2,1H3,(H,18,20). The number of carbonyl (C=O) groups is 1. The Morgan fingerprint density at radius 2 is 2.38 bits per heavy atom. The molecular formula is C16H20N2O2S. The van der Waals surface area contributed by atoms with E-state index in [2.05, 4.69) is 29.1 Å². The number of nitrogens with zero attached hydrogens (tertiary/aromatic N) is 1. The Morgan fingerprint density at radius 3 is 3.14 bits per heavy atom. The molecule has 1 aromatic heterocycles. The Hall–Kier alpha value is -1.51. The smallest absolute Gasteiger partial charge is 0.253 e. The van der Waals surface area contributed by atoms with Gasteiger partial charge in [-0.15, -0.1) is 0 Å². The Labute approximate surface area is 129 Å². The molecule has 0 spiro atoms. The maximum Gasteiger partial charge on any atom is 0.253 e. The number of nitrogens with one attached hydrogen (secondary N) is 1. The van der Waals surface area contributed by atoms with Gasteiger partial charge in [-0.3, -0.25) is 9.78 Å². The van der Waals surface area contributed by atoms with E-state index in [0.29, 0.717) is 16.4 Å². The molecule has 1 fully saturated rings. The lowest BCUT2D eigenvalue weighted by Crippen LogP contribution is -2.33. The molecule has 0 saturated heterocycles. The van der Waals surface area contributed by atoms with Crippen LogP contribution >= 0.6 is 11.8 Å². The molecule has 2 rings (SSSR count). The van der Waals surface area contributed by atoms with E-state index in [4.69, 9.17) is 5.11 Å². The highest BCUT2D eigenvalue weighted by Crippen LogP contribution is 2.29. The first-order valence-electron chi connectivity index (χ1n) is 7.20. The number of hydrogen-bond acceptors (Lipinski definition) is 4. The van der Waals surface area contributed by atoms with Crippen LogP contribution in [0.15, 0.2) is 18.5 Å². The van der Waals surface area contributed by atoms with Crippen LogP contribution < -0.4 is 5.32 Å². The summed E-state index contributed by atoms with van der Waals surface area (Å²) in [5.41, 5.74) is 1.16. The zero-order valence-electron chi connectivity index (χ0n) is 12.1. The summed E-state index contributed by atoms with van der Waals surface area (Å²) in [6.07, 6.45) is 6.39. The third-order valence-electron chi connectivity index (χ3n) is 3.43. The first-order valence-corrected chi connectivity index (χ1v) is 8.25. The number of aliphatic hydroxyl groups is 1. The summed E-state index contributed by atoms with van der Waals surface area (Å²) in [5.74, 6) is 6.35. The molecule has 1 aromatic rings. The number of rotatable bonds is 4. The number of hydrogen-bond donors (Lipinski definition) is 2. The third-order valence-corrected chi connectivity index (χ3v) is 4.67. The summed E-state index contributed by atoms with van der Waals surface area (Å²) in [5, 5.41) is 12.4. The van der Waals surface area contributed by atoms with Gasteiger partial charge in [0, 0.05) is 29.2 Å². The lowest BCUT2D eigenvalue weighted by Gasteiger charge is -2.13. The SMILES string of the molecule is CCSC1CCC(NC(=O)c2cncc(C#CCO)c2)C1. The Balaban J connectivity index is 1.94. The number of aromatic nitrogens is 1. The molecular weight excluding hydrogens is 284 g/mol. The van der Waals surface area contributed by atoms with Gasteiger partial charge in [0.05, 0.1) is 5.56 Å². The Morgan fingerprint density at radius 1 is 1.52 bits per heavy atom. The maximum atomic E-state index is 12.2. The Kier molecular flexibility index (Phi) is 6.09. The molecule has 0 radical (unpaired) electrons. The molecule has 1 saturated carbocycles. The minimum atomic E-state index is -0.199. The van der Waals surface area contributed by atoms with Gasteiger partial charge >= 0.3 is 0 Å². The quantitative estimate of drug-likeness (QED) is 0.833. The minimum Gasteiger partial charge on any atom is -0.384 e. The number of pyridine rings is 1. The van der Waals surface area contributed by atoms with Crippen LogP contribution in [0.1, 0.15) is 42.1 Å². The van der Waals surface area contributed by atoms with Crippen molar-refractivity contribution in [3.05, 3.63) is 29.6 Å². The van der Waals surface area contributed by atoms with E-state index in [9.17, 15) is 4.79 Å². The summed E-state index contributed by atoms with van der Waals surface area (Å²) in [7, 11) is 0. The van der Waals surface area contributed by atoms with E-state index < -0.39 is 0 Å². The molecule has 1 amide bonds. The maximum absolute atomic E-state index is 12.2. The summed E-state index contributed by atoms with van der Waals surface area (Å²) in [4.78, 5) is 16.3. The number of aliphatic hydroxyl groups excluding tert-OH is 1. The van der Waals surface area contributed by atoms with E-state index in [-0.39, 0.29) is 18.6 Å². The molecule has 0 bridgehead atoms. The zero-order valence-corrected chi connectivity index (χ0v) is 12.9. The molecule has 1 aliphatic rings. The van der Waals surface area contributed by atoms with Crippen LogP contribution in [0.3, 0.4) is 0 Å². The van der Waals surface area contributed by atoms with Crippen molar-refractivity contribution in [2.24, 2.45) is 0 Å². The van der Waals surface area contributed by atoms with Crippen LogP contribution in [0.2, 0.25) is 0 Å². The molecule has 4 nitrogen and oxygen atoms in total. The molecule has 112 valence electrons. The molecule has 0 aliphatic heterocycles. The molecule has 21 heavy (non-hydrogen) atoms. The second-order valence-corrected chi connectivity index (χ2v) is 6.56. The fourth-order valence-electron chi connectivity index (χ4n) is 2.50. The molecule has 0 aromatic carbocycles. The highest BCUT2D eigenvalue weighted by molar-refractivity contribution is 7.99. The summed E-state index contributed by atoms with van der Waals surface area (Å²) >= 11 is 1.97. The fraction of sp³-hybridized carbons (Fsp3) is 0.500. The molecule has 1 heterocycles. The van der Waals surface area contributed by atoms with Crippen LogP contribution in [0.25, 0.3) is 0 Å². The monoisotopic (exact) mass is 304 g/mol. The average Bonchev–Trinajstić information content (AvgIpc) is 2.93. The second kappa shape index (κ2) is 8.06. The largest absolute Gasteiger partial charge is 0.384 e. The third kappa shape index (κ3) is 4.76. The minimum absolute atomic E-state index is 0.0951. The summed E-state index contributed by atoms with van der Waals surface area (Å²) in [6.45, 7) is 1.97. The molecule has 5 heteroatoms. The number of carbonyl (C=O) groups excluding carboxylic acids is 1. The van der Waals surface area contributed by atoms with Gasteiger partial charge in [-0.2, -0.15) is 11.8 Å². The number of thioether (sulfide) groups is 1. The van der Waals surface area contributed by atoms with Crippen molar-refractivity contribution in [1.29, 1.82) is 0 Å². The summed E-state index contributed by atoms with van der Waals surface area (Å²) in [6, 6.07) is 1.96. The highest BCUT2D eigenvalue weighted by Gasteiger charge is 2.26. The second-order valence-electron chi connectivity index (χ2n) is 4.98. The fourth-order valence-corrected chi connectivity index (χ4v) is 3.64. The van der Waals surface area contributed by atoms with Crippen molar-refractivity contribution < 1.29 is 9.90 Å². The molecule has 2 unspecified atom stereocenters. The van der Waals surface area contributed by atoms with Crippen LogP contribution in [0.4, 0.5) is 0 Å². The lowest BCUT2D eigenvalue weighted by molar-refractivity contribution is 0.0937. The van der Waals surface area contributed by atoms with E-state index >= 15 is 0 Å². The molecule has 2 atom stereocenters. The molecule has 1 aliphatic carbocycles. The van der Waals surface area contributed by atoms with Crippen LogP contribution in [-0.2, 0) is 0 Å². The van der Waals surface area contributed by atoms with E-state index in [1.807, 2.05) is 11.8 Å². The van der Waals surface area contributed by atoms with Gasteiger partial charge < -0.3 is 10.4 Å². The van der Waals surface area contributed by atoms with Gasteiger partial charge in [0.2, 0.25) is 0 Å². The van der Waals surface area contributed by atoms with Gasteiger partial charge in [-0.05, 0) is 31.1 Å². The van der Waals surface area contributed by atoms with Gasteiger partial charge in [0.15, 0.2) is 0 Å². The van der Waals surface area contributed by atoms with Crippen molar-refractivity contribution >= 4 is 17.7 Å². The van der Waals surface area contributed by atoms with Crippen molar-refractivity contribution in [3.8, 4) is 11.8 Å². The zero-order chi connectivity index (χ0) is 15.1. The molecule has 2 N–H and O–H groups in total. The first-order chi connectivity index (χ1) is 10.2. The normalized spacial score (nSPS) is 20.7. The van der Waals surface area contributed by atoms with Crippen molar-refractivity contribution in [1.82, 2.24) is 10.3 Å². The van der Waals surface area contributed by atoms with Crippen molar-refractivity contribution in [2.45, 2.75) is 37.5 Å². The Bertz CT molecular complexity index is 551. The van der Waals surface area contributed by atoms with Gasteiger partial charge in [0.1, 0.15) is 6.61 Å². The van der Waals surface area contributed by atoms with E-state index in [1.165, 1.54) is 6.42 Å². The van der Waals surface area contributed by atoms with Crippen LogP contribution in [-0.4, -0.2) is 39.6 Å². The van der Waals surface area contributed by atoms with Crippen molar-refractivity contribution in [3.63, 3.8) is 0 Å². The topological polar surface area (TPSA) is 62.2 Å². The highest BCUT2D eigenvalue weighted by atomic mass is 32.2. The summed E-state index contributed by atoms with van der Waals surface area (Å²) < 4.78 is 0. The van der Waals surface area contributed by atoms with Gasteiger partial charge in [-0.25, -0.2) is 0 Å². The van der Waals surface area contributed by atoms with Crippen molar-refractivity contribution in [2.75, 3.05) is 12.4 Å². The van der Waals surface area contributed by atoms with Gasteiger partial charge in [-0.1, -0.05) is 18.8 Å². The average molecular weight is 304 g/mol. The van der Waals surface area contributed by atoms with Gasteiger partial charge in [0.25, 0.3) is 5.91 Å². The van der Waals surface area contributed by atoms with Crippen LogP contribution in [0, 0.1) is 11.8 Å². The lowest BCUT2D eigenvalue weighted by atomic mass is 10.1. The van der Waals surface area contributed by atoms with E-state index in [1.54, 1.807) is 18.5 Å². The number of amides is 1.